The number of benzene rings is 1. The van der Waals surface area contributed by atoms with Gasteiger partial charge in [0.2, 0.25) is 0 Å². The predicted molar refractivity (Wildman–Crippen MR) is 90.3 cm³/mol. The summed E-state index contributed by atoms with van der Waals surface area (Å²) in [5.41, 5.74) is 0.767. The molecule has 7 heteroatoms. The van der Waals surface area contributed by atoms with E-state index in [0.717, 1.165) is 25.9 Å². The third kappa shape index (κ3) is 4.05. The number of rotatable bonds is 6. The zero-order chi connectivity index (χ0) is 16.8. The second kappa shape index (κ2) is 7.83. The Morgan fingerprint density at radius 1 is 1.29 bits per heavy atom. The summed E-state index contributed by atoms with van der Waals surface area (Å²) in [6, 6.07) is 7.01. The number of likely N-dealkylation sites (tertiary alicyclic amines) is 1. The summed E-state index contributed by atoms with van der Waals surface area (Å²) in [5, 5.41) is 2.98. The van der Waals surface area contributed by atoms with Gasteiger partial charge in [-0.2, -0.15) is 0 Å². The Labute approximate surface area is 139 Å². The number of nitroso groups, excluding NO2 is 1. The minimum absolute atomic E-state index is 0.124. The third-order valence-electron chi connectivity index (χ3n) is 4.30. The van der Waals surface area contributed by atoms with E-state index < -0.39 is 0 Å². The summed E-state index contributed by atoms with van der Waals surface area (Å²) in [5.74, 6) is 0.970. The van der Waals surface area contributed by atoms with E-state index in [2.05, 4.69) is 20.0 Å². The fourth-order valence-corrected chi connectivity index (χ4v) is 2.88. The van der Waals surface area contributed by atoms with E-state index in [1.165, 1.54) is 0 Å². The summed E-state index contributed by atoms with van der Waals surface area (Å²) in [6.07, 6.45) is 5.13. The molecular weight excluding hydrogens is 308 g/mol. The van der Waals surface area contributed by atoms with Gasteiger partial charge in [0.1, 0.15) is 17.1 Å². The number of hydrogen-bond acceptors (Lipinski definition) is 6. The van der Waals surface area contributed by atoms with Crippen LogP contribution in [0.1, 0.15) is 18.5 Å². The summed E-state index contributed by atoms with van der Waals surface area (Å²) in [4.78, 5) is 31.4. The highest BCUT2D eigenvalue weighted by molar-refractivity contribution is 5.50. The topological polar surface area (TPSA) is 87.7 Å². The number of nitrogens with zero attached hydrogens (tertiary/aromatic N) is 3. The molecule has 24 heavy (non-hydrogen) atoms. The molecule has 1 fully saturated rings. The molecule has 0 unspecified atom stereocenters. The van der Waals surface area contributed by atoms with Crippen molar-refractivity contribution in [3.63, 3.8) is 0 Å². The first kappa shape index (κ1) is 16.3. The quantitative estimate of drug-likeness (QED) is 0.823. The van der Waals surface area contributed by atoms with Gasteiger partial charge in [0, 0.05) is 18.9 Å². The molecule has 1 aromatic carbocycles. The Morgan fingerprint density at radius 3 is 2.83 bits per heavy atom. The van der Waals surface area contributed by atoms with Gasteiger partial charge >= 0.3 is 0 Å². The molecule has 0 atom stereocenters. The Hall–Kier alpha value is -2.54. The van der Waals surface area contributed by atoms with Gasteiger partial charge in [-0.15, -0.1) is 4.91 Å². The lowest BCUT2D eigenvalue weighted by atomic mass is 9.97. The van der Waals surface area contributed by atoms with Gasteiger partial charge in [-0.3, -0.25) is 14.7 Å². The van der Waals surface area contributed by atoms with Crippen LogP contribution >= 0.6 is 0 Å². The maximum Gasteiger partial charge on any atom is 0.270 e. The van der Waals surface area contributed by atoms with Crippen molar-refractivity contribution in [2.45, 2.75) is 19.4 Å². The number of hydrogen-bond donors (Lipinski definition) is 1. The Kier molecular flexibility index (Phi) is 5.32. The zero-order valence-corrected chi connectivity index (χ0v) is 13.4. The minimum atomic E-state index is -0.124. The molecule has 0 aliphatic carbocycles. The minimum Gasteiger partial charge on any atom is -0.491 e. The number of aromatic amines is 1. The van der Waals surface area contributed by atoms with E-state index in [1.807, 2.05) is 6.07 Å². The molecule has 0 radical (unpaired) electrons. The molecule has 1 aliphatic heterocycles. The molecule has 0 bridgehead atoms. The summed E-state index contributed by atoms with van der Waals surface area (Å²) < 4.78 is 5.76. The average Bonchev–Trinajstić information content (AvgIpc) is 2.63. The van der Waals surface area contributed by atoms with E-state index in [4.69, 9.17) is 4.74 Å². The summed E-state index contributed by atoms with van der Waals surface area (Å²) in [6.45, 7) is 2.95. The van der Waals surface area contributed by atoms with Gasteiger partial charge in [-0.05, 0) is 49.2 Å². The second-order valence-corrected chi connectivity index (χ2v) is 5.95. The summed E-state index contributed by atoms with van der Waals surface area (Å²) >= 11 is 0. The molecule has 1 aliphatic rings. The molecule has 7 nitrogen and oxygen atoms in total. The molecule has 2 aromatic rings. The van der Waals surface area contributed by atoms with Crippen LogP contribution in [0.25, 0.3) is 0 Å². The molecule has 3 rings (SSSR count). The first-order valence-electron chi connectivity index (χ1n) is 8.06. The van der Waals surface area contributed by atoms with Gasteiger partial charge in [0.25, 0.3) is 5.56 Å². The Morgan fingerprint density at radius 2 is 2.08 bits per heavy atom. The molecule has 1 N–H and O–H groups in total. The predicted octanol–water partition coefficient (Wildman–Crippen LogP) is 2.46. The van der Waals surface area contributed by atoms with Crippen LogP contribution in [-0.4, -0.2) is 34.6 Å². The van der Waals surface area contributed by atoms with Crippen LogP contribution in [0, 0.1) is 10.8 Å². The third-order valence-corrected chi connectivity index (χ3v) is 4.30. The first-order chi connectivity index (χ1) is 11.8. The van der Waals surface area contributed by atoms with Gasteiger partial charge in [-0.1, -0.05) is 12.1 Å². The number of piperidine rings is 1. The van der Waals surface area contributed by atoms with E-state index in [9.17, 15) is 9.70 Å². The molecule has 0 spiro atoms. The van der Waals surface area contributed by atoms with E-state index in [0.29, 0.717) is 36.2 Å². The SMILES string of the molecule is O=Nc1ccccc1OCC1CCN(Cc2ncc[nH]c2=O)CC1. The van der Waals surface area contributed by atoms with Gasteiger partial charge in [-0.25, -0.2) is 0 Å². The summed E-state index contributed by atoms with van der Waals surface area (Å²) in [7, 11) is 0. The fraction of sp³-hybridized carbons (Fsp3) is 0.412. The first-order valence-corrected chi connectivity index (χ1v) is 8.06. The zero-order valence-electron chi connectivity index (χ0n) is 13.4. The molecule has 0 amide bonds. The van der Waals surface area contributed by atoms with Crippen LogP contribution in [0.2, 0.25) is 0 Å². The molecule has 1 saturated heterocycles. The Balaban J connectivity index is 1.48. The van der Waals surface area contributed by atoms with Crippen molar-refractivity contribution < 1.29 is 4.74 Å². The molecular formula is C17H20N4O3. The Bertz CT molecular complexity index is 738. The van der Waals surface area contributed by atoms with Crippen LogP contribution in [-0.2, 0) is 6.54 Å². The van der Waals surface area contributed by atoms with Crippen LogP contribution in [0.3, 0.4) is 0 Å². The number of H-pyrrole nitrogens is 1. The van der Waals surface area contributed by atoms with Gasteiger partial charge < -0.3 is 9.72 Å². The molecule has 2 heterocycles. The highest BCUT2D eigenvalue weighted by Gasteiger charge is 2.21. The second-order valence-electron chi connectivity index (χ2n) is 5.95. The van der Waals surface area contributed by atoms with Crippen LogP contribution in [0.15, 0.2) is 46.6 Å². The smallest absolute Gasteiger partial charge is 0.270 e. The maximum absolute atomic E-state index is 11.7. The van der Waals surface area contributed by atoms with E-state index in [-0.39, 0.29) is 5.56 Å². The van der Waals surface area contributed by atoms with Crippen molar-refractivity contribution in [2.75, 3.05) is 19.7 Å². The lowest BCUT2D eigenvalue weighted by Crippen LogP contribution is -2.36. The normalized spacial score (nSPS) is 16.0. The van der Waals surface area contributed by atoms with Crippen LogP contribution in [0.5, 0.6) is 5.75 Å². The van der Waals surface area contributed by atoms with E-state index >= 15 is 0 Å². The van der Waals surface area contributed by atoms with Crippen molar-refractivity contribution in [1.82, 2.24) is 14.9 Å². The number of aromatic nitrogens is 2. The molecule has 0 saturated carbocycles. The standard InChI is InChI=1S/C17H20N4O3/c22-17-15(18-7-8-19-17)11-21-9-5-13(6-10-21)12-24-16-4-2-1-3-14(16)20-23/h1-4,7-8,13H,5-6,9-12H2,(H,19,22). The highest BCUT2D eigenvalue weighted by Crippen LogP contribution is 2.28. The molecule has 1 aromatic heterocycles. The van der Waals surface area contributed by atoms with Crippen molar-refractivity contribution >= 4 is 5.69 Å². The van der Waals surface area contributed by atoms with Gasteiger partial charge in [0.15, 0.2) is 0 Å². The molecule has 126 valence electrons. The number of ether oxygens (including phenoxy) is 1. The fourth-order valence-electron chi connectivity index (χ4n) is 2.88. The lowest BCUT2D eigenvalue weighted by Gasteiger charge is -2.31. The van der Waals surface area contributed by atoms with Crippen molar-refractivity contribution in [2.24, 2.45) is 11.1 Å². The lowest BCUT2D eigenvalue weighted by molar-refractivity contribution is 0.135. The van der Waals surface area contributed by atoms with E-state index in [1.54, 1.807) is 30.6 Å². The monoisotopic (exact) mass is 328 g/mol. The number of para-hydroxylation sites is 1. The van der Waals surface area contributed by atoms with Crippen LogP contribution < -0.4 is 10.3 Å². The maximum atomic E-state index is 11.7. The number of nitrogens with one attached hydrogen (secondary N) is 1. The highest BCUT2D eigenvalue weighted by atomic mass is 16.5. The average molecular weight is 328 g/mol. The van der Waals surface area contributed by atoms with Crippen LogP contribution in [0.4, 0.5) is 5.69 Å². The van der Waals surface area contributed by atoms with Crippen molar-refractivity contribution in [3.05, 3.63) is 57.6 Å². The largest absolute Gasteiger partial charge is 0.491 e. The van der Waals surface area contributed by atoms with Crippen molar-refractivity contribution in [1.29, 1.82) is 0 Å². The van der Waals surface area contributed by atoms with Crippen molar-refractivity contribution in [3.8, 4) is 5.75 Å². The van der Waals surface area contributed by atoms with Gasteiger partial charge in [0.05, 0.1) is 6.61 Å².